The Bertz CT molecular complexity index is 362. The van der Waals surface area contributed by atoms with Crippen LogP contribution in [0.15, 0.2) is 6.07 Å². The Hall–Kier alpha value is -0.840. The van der Waals surface area contributed by atoms with E-state index in [-0.39, 0.29) is 5.91 Å². The number of aromatic nitrogens is 2. The molecule has 0 aliphatic heterocycles. The summed E-state index contributed by atoms with van der Waals surface area (Å²) in [6.07, 6.45) is 0.857. The van der Waals surface area contributed by atoms with Crippen LogP contribution in [0.25, 0.3) is 0 Å². The molecule has 0 aromatic carbocycles. The summed E-state index contributed by atoms with van der Waals surface area (Å²) in [5.74, 6) is 0.0356. The third kappa shape index (κ3) is 2.84. The van der Waals surface area contributed by atoms with Crippen LogP contribution in [0.5, 0.6) is 0 Å². The molecule has 1 rings (SSSR count). The van der Waals surface area contributed by atoms with Gasteiger partial charge in [-0.15, -0.1) is 0 Å². The van der Waals surface area contributed by atoms with Crippen molar-refractivity contribution in [2.24, 2.45) is 0 Å². The van der Waals surface area contributed by atoms with Gasteiger partial charge in [0.2, 0.25) is 0 Å². The van der Waals surface area contributed by atoms with E-state index in [2.05, 4.69) is 21.0 Å². The minimum Gasteiger partial charge on any atom is -0.340 e. The molecule has 16 heavy (non-hydrogen) atoms. The Morgan fingerprint density at radius 2 is 2.25 bits per heavy atom. The third-order valence-electron chi connectivity index (χ3n) is 2.48. The Morgan fingerprint density at radius 3 is 2.75 bits per heavy atom. The van der Waals surface area contributed by atoms with E-state index >= 15 is 0 Å². The fraction of sp³-hybridized carbons (Fsp3) is 0.636. The van der Waals surface area contributed by atoms with Crippen LogP contribution in [0.1, 0.15) is 30.0 Å². The number of amides is 1. The van der Waals surface area contributed by atoms with E-state index < -0.39 is 0 Å². The SMILES string of the molecule is CCc1cc(C(=O)N(C)CCBr)n(CC)n1. The lowest BCUT2D eigenvalue weighted by Gasteiger charge is -2.15. The molecule has 0 N–H and O–H groups in total. The molecule has 0 saturated heterocycles. The van der Waals surface area contributed by atoms with Gasteiger partial charge in [0.1, 0.15) is 5.69 Å². The van der Waals surface area contributed by atoms with Gasteiger partial charge in [-0.05, 0) is 19.4 Å². The molecule has 0 unspecified atom stereocenters. The number of nitrogens with zero attached hydrogens (tertiary/aromatic N) is 3. The Kier molecular flexibility index (Phi) is 4.99. The van der Waals surface area contributed by atoms with Crippen molar-refractivity contribution in [3.05, 3.63) is 17.5 Å². The number of hydrogen-bond acceptors (Lipinski definition) is 2. The first-order chi connectivity index (χ1) is 7.63. The smallest absolute Gasteiger partial charge is 0.271 e. The molecule has 4 nitrogen and oxygen atoms in total. The highest BCUT2D eigenvalue weighted by molar-refractivity contribution is 9.09. The first-order valence-corrected chi connectivity index (χ1v) is 6.64. The van der Waals surface area contributed by atoms with Crippen LogP contribution in [-0.4, -0.2) is 39.5 Å². The van der Waals surface area contributed by atoms with Gasteiger partial charge in [0.05, 0.1) is 5.69 Å². The second-order valence-corrected chi connectivity index (χ2v) is 4.40. The van der Waals surface area contributed by atoms with E-state index in [1.54, 1.807) is 9.58 Å². The van der Waals surface area contributed by atoms with Crippen molar-refractivity contribution in [1.82, 2.24) is 14.7 Å². The molecule has 0 spiro atoms. The van der Waals surface area contributed by atoms with Crippen LogP contribution in [0.4, 0.5) is 0 Å². The fourth-order valence-electron chi connectivity index (χ4n) is 1.48. The molecule has 5 heteroatoms. The average molecular weight is 288 g/mol. The summed E-state index contributed by atoms with van der Waals surface area (Å²) >= 11 is 3.33. The van der Waals surface area contributed by atoms with Crippen LogP contribution in [0, 0.1) is 0 Å². The molecule has 0 radical (unpaired) electrons. The summed E-state index contributed by atoms with van der Waals surface area (Å²) in [5.41, 5.74) is 1.65. The van der Waals surface area contributed by atoms with E-state index in [1.807, 2.05) is 27.0 Å². The van der Waals surface area contributed by atoms with Crippen LogP contribution >= 0.6 is 15.9 Å². The minimum absolute atomic E-state index is 0.0356. The van der Waals surface area contributed by atoms with E-state index in [4.69, 9.17) is 0 Å². The van der Waals surface area contributed by atoms with Crippen LogP contribution < -0.4 is 0 Å². The van der Waals surface area contributed by atoms with Gasteiger partial charge < -0.3 is 4.90 Å². The quantitative estimate of drug-likeness (QED) is 0.777. The topological polar surface area (TPSA) is 38.1 Å². The summed E-state index contributed by atoms with van der Waals surface area (Å²) in [4.78, 5) is 13.8. The summed E-state index contributed by atoms with van der Waals surface area (Å²) < 4.78 is 1.77. The van der Waals surface area contributed by atoms with Crippen LogP contribution in [0.2, 0.25) is 0 Å². The molecule has 1 aromatic heterocycles. The summed E-state index contributed by atoms with van der Waals surface area (Å²) in [7, 11) is 1.81. The van der Waals surface area contributed by atoms with Gasteiger partial charge >= 0.3 is 0 Å². The van der Waals surface area contributed by atoms with Crippen molar-refractivity contribution >= 4 is 21.8 Å². The first-order valence-electron chi connectivity index (χ1n) is 5.52. The predicted molar refractivity (Wildman–Crippen MR) is 68.0 cm³/mol. The maximum Gasteiger partial charge on any atom is 0.271 e. The van der Waals surface area contributed by atoms with Gasteiger partial charge in [0, 0.05) is 25.5 Å². The molecular formula is C11H18BrN3O. The number of aryl methyl sites for hydroxylation is 2. The molecular weight excluding hydrogens is 270 g/mol. The lowest BCUT2D eigenvalue weighted by Crippen LogP contribution is -2.30. The van der Waals surface area contributed by atoms with Crippen molar-refractivity contribution in [2.75, 3.05) is 18.9 Å². The largest absolute Gasteiger partial charge is 0.340 e. The first kappa shape index (κ1) is 13.2. The van der Waals surface area contributed by atoms with Crippen molar-refractivity contribution in [1.29, 1.82) is 0 Å². The lowest BCUT2D eigenvalue weighted by atomic mass is 10.3. The molecule has 0 atom stereocenters. The van der Waals surface area contributed by atoms with Gasteiger partial charge in [-0.3, -0.25) is 9.48 Å². The highest BCUT2D eigenvalue weighted by Crippen LogP contribution is 2.08. The van der Waals surface area contributed by atoms with Crippen molar-refractivity contribution in [3.63, 3.8) is 0 Å². The molecule has 0 aliphatic rings. The summed E-state index contributed by atoms with van der Waals surface area (Å²) in [5, 5.41) is 5.16. The molecule has 0 saturated carbocycles. The lowest BCUT2D eigenvalue weighted by molar-refractivity contribution is 0.0792. The molecule has 1 heterocycles. The second-order valence-electron chi connectivity index (χ2n) is 3.61. The zero-order valence-corrected chi connectivity index (χ0v) is 11.6. The monoisotopic (exact) mass is 287 g/mol. The Labute approximate surface area is 105 Å². The van der Waals surface area contributed by atoms with Gasteiger partial charge in [-0.2, -0.15) is 5.10 Å². The molecule has 0 fully saturated rings. The highest BCUT2D eigenvalue weighted by Gasteiger charge is 2.17. The van der Waals surface area contributed by atoms with E-state index in [9.17, 15) is 4.79 Å². The molecule has 1 aromatic rings. The van der Waals surface area contributed by atoms with Crippen molar-refractivity contribution in [2.45, 2.75) is 26.8 Å². The van der Waals surface area contributed by atoms with Gasteiger partial charge in [-0.25, -0.2) is 0 Å². The number of carbonyl (C=O) groups excluding carboxylic acids is 1. The summed E-state index contributed by atoms with van der Waals surface area (Å²) in [6.45, 7) is 5.46. The van der Waals surface area contributed by atoms with Gasteiger partial charge in [0.25, 0.3) is 5.91 Å². The van der Waals surface area contributed by atoms with Crippen molar-refractivity contribution in [3.8, 4) is 0 Å². The number of hydrogen-bond donors (Lipinski definition) is 0. The van der Waals surface area contributed by atoms with Crippen molar-refractivity contribution < 1.29 is 4.79 Å². The van der Waals surface area contributed by atoms with Crippen LogP contribution in [0.3, 0.4) is 0 Å². The van der Waals surface area contributed by atoms with Gasteiger partial charge in [0.15, 0.2) is 0 Å². The zero-order chi connectivity index (χ0) is 12.1. The molecule has 0 bridgehead atoms. The number of halogens is 1. The zero-order valence-electron chi connectivity index (χ0n) is 10.0. The number of carbonyl (C=O) groups is 1. The van der Waals surface area contributed by atoms with E-state index in [1.165, 1.54) is 0 Å². The third-order valence-corrected chi connectivity index (χ3v) is 2.83. The van der Waals surface area contributed by atoms with Crippen LogP contribution in [-0.2, 0) is 13.0 Å². The van der Waals surface area contributed by atoms with E-state index in [0.717, 1.165) is 24.0 Å². The number of alkyl halides is 1. The molecule has 0 aliphatic carbocycles. The Balaban J connectivity index is 2.93. The molecule has 90 valence electrons. The van der Waals surface area contributed by atoms with Gasteiger partial charge in [-0.1, -0.05) is 22.9 Å². The normalized spacial score (nSPS) is 10.5. The maximum absolute atomic E-state index is 12.1. The summed E-state index contributed by atoms with van der Waals surface area (Å²) in [6, 6.07) is 1.89. The highest BCUT2D eigenvalue weighted by atomic mass is 79.9. The Morgan fingerprint density at radius 1 is 1.56 bits per heavy atom. The molecule has 1 amide bonds. The maximum atomic E-state index is 12.1. The average Bonchev–Trinajstić information content (AvgIpc) is 2.71. The predicted octanol–water partition coefficient (Wildman–Crippen LogP) is 1.93. The standard InChI is InChI=1S/C11H18BrN3O/c1-4-9-8-10(15(5-2)13-9)11(16)14(3)7-6-12/h8H,4-7H2,1-3H3. The second kappa shape index (κ2) is 6.03. The minimum atomic E-state index is 0.0356. The fourth-order valence-corrected chi connectivity index (χ4v) is 2.01. The van der Waals surface area contributed by atoms with E-state index in [0.29, 0.717) is 12.2 Å². The number of rotatable bonds is 5.